The standard InChI is InChI=1S/C8H11FO4/c1-8(2)4-12-7(11)6(8)13-5(10)3-9/h6H,3-4H2,1-2H3/t6-/m0/s1. The topological polar surface area (TPSA) is 52.6 Å². The first-order valence-electron chi connectivity index (χ1n) is 3.89. The van der Waals surface area contributed by atoms with E-state index in [2.05, 4.69) is 9.47 Å². The molecule has 0 radical (unpaired) electrons. The molecule has 0 saturated carbocycles. The van der Waals surface area contributed by atoms with Gasteiger partial charge in [0.25, 0.3) is 0 Å². The molecule has 0 aliphatic carbocycles. The van der Waals surface area contributed by atoms with E-state index >= 15 is 0 Å². The molecule has 5 heteroatoms. The SMILES string of the molecule is CC1(C)COC(=O)[C@@H]1OC(=O)CF. The van der Waals surface area contributed by atoms with E-state index in [4.69, 9.17) is 0 Å². The predicted molar refractivity (Wildman–Crippen MR) is 40.6 cm³/mol. The van der Waals surface area contributed by atoms with Crippen molar-refractivity contribution in [2.45, 2.75) is 20.0 Å². The van der Waals surface area contributed by atoms with Crippen LogP contribution in [0.15, 0.2) is 0 Å². The second-order valence-corrected chi connectivity index (χ2v) is 3.60. The second kappa shape index (κ2) is 3.32. The molecule has 0 aromatic rings. The molecule has 0 amide bonds. The molecule has 1 aliphatic rings. The molecule has 0 unspecified atom stereocenters. The van der Waals surface area contributed by atoms with Gasteiger partial charge in [0.05, 0.1) is 0 Å². The average Bonchev–Trinajstić information content (AvgIpc) is 2.31. The van der Waals surface area contributed by atoms with Crippen molar-refractivity contribution in [3.8, 4) is 0 Å². The number of carbonyl (C=O) groups excluding carboxylic acids is 2. The van der Waals surface area contributed by atoms with Gasteiger partial charge in [0.1, 0.15) is 6.61 Å². The van der Waals surface area contributed by atoms with E-state index in [0.29, 0.717) is 0 Å². The lowest BCUT2D eigenvalue weighted by atomic mass is 9.90. The summed E-state index contributed by atoms with van der Waals surface area (Å²) < 4.78 is 21.1. The zero-order chi connectivity index (χ0) is 10.1. The highest BCUT2D eigenvalue weighted by Gasteiger charge is 2.46. The Morgan fingerprint density at radius 1 is 1.77 bits per heavy atom. The predicted octanol–water partition coefficient (Wildman–Crippen LogP) is 0.451. The molecule has 13 heavy (non-hydrogen) atoms. The number of hydrogen-bond acceptors (Lipinski definition) is 4. The number of esters is 2. The van der Waals surface area contributed by atoms with Crippen LogP contribution in [-0.2, 0) is 19.1 Å². The maximum atomic E-state index is 11.8. The molecule has 1 heterocycles. The van der Waals surface area contributed by atoms with Gasteiger partial charge in [0.15, 0.2) is 6.67 Å². The number of ether oxygens (including phenoxy) is 2. The summed E-state index contributed by atoms with van der Waals surface area (Å²) in [4.78, 5) is 21.6. The molecule has 0 spiro atoms. The minimum atomic E-state index is -1.22. The normalized spacial score (nSPS) is 25.5. The van der Waals surface area contributed by atoms with Gasteiger partial charge >= 0.3 is 11.9 Å². The molecule has 1 saturated heterocycles. The number of hydrogen-bond donors (Lipinski definition) is 0. The molecule has 1 aliphatic heterocycles. The average molecular weight is 190 g/mol. The molecule has 1 rings (SSSR count). The summed E-state index contributed by atoms with van der Waals surface area (Å²) in [5.41, 5.74) is -0.568. The first-order valence-corrected chi connectivity index (χ1v) is 3.89. The Morgan fingerprint density at radius 3 is 2.77 bits per heavy atom. The molecule has 0 N–H and O–H groups in total. The van der Waals surface area contributed by atoms with Crippen LogP contribution in [0.25, 0.3) is 0 Å². The number of rotatable bonds is 2. The van der Waals surface area contributed by atoms with Gasteiger partial charge < -0.3 is 9.47 Å². The lowest BCUT2D eigenvalue weighted by Gasteiger charge is -2.20. The molecule has 74 valence electrons. The molecule has 1 fully saturated rings. The minimum Gasteiger partial charge on any atom is -0.462 e. The van der Waals surface area contributed by atoms with Crippen LogP contribution in [0.3, 0.4) is 0 Å². The van der Waals surface area contributed by atoms with Crippen molar-refractivity contribution in [1.82, 2.24) is 0 Å². The van der Waals surface area contributed by atoms with Crippen molar-refractivity contribution >= 4 is 11.9 Å². The lowest BCUT2D eigenvalue weighted by Crippen LogP contribution is -2.35. The van der Waals surface area contributed by atoms with Crippen LogP contribution in [-0.4, -0.2) is 31.3 Å². The van der Waals surface area contributed by atoms with Gasteiger partial charge in [-0.15, -0.1) is 0 Å². The highest BCUT2D eigenvalue weighted by molar-refractivity contribution is 5.82. The van der Waals surface area contributed by atoms with E-state index in [-0.39, 0.29) is 6.61 Å². The molecular weight excluding hydrogens is 179 g/mol. The summed E-state index contributed by atoms with van der Waals surface area (Å²) in [5.74, 6) is -1.64. The Hall–Kier alpha value is -1.13. The quantitative estimate of drug-likeness (QED) is 0.593. The van der Waals surface area contributed by atoms with Crippen molar-refractivity contribution in [1.29, 1.82) is 0 Å². The summed E-state index contributed by atoms with van der Waals surface area (Å²) in [7, 11) is 0. The van der Waals surface area contributed by atoms with Crippen LogP contribution in [0.4, 0.5) is 4.39 Å². The first kappa shape index (κ1) is 9.95. The molecular formula is C8H11FO4. The van der Waals surface area contributed by atoms with Crippen molar-refractivity contribution in [2.24, 2.45) is 5.41 Å². The molecule has 0 aromatic carbocycles. The van der Waals surface area contributed by atoms with Crippen LogP contribution in [0, 0.1) is 5.41 Å². The van der Waals surface area contributed by atoms with Crippen molar-refractivity contribution in [2.75, 3.05) is 13.3 Å². The molecule has 0 bridgehead atoms. The number of cyclic esters (lactones) is 1. The van der Waals surface area contributed by atoms with Gasteiger partial charge in [-0.05, 0) is 0 Å². The van der Waals surface area contributed by atoms with Gasteiger partial charge in [-0.3, -0.25) is 0 Å². The third-order valence-corrected chi connectivity index (χ3v) is 1.87. The Kier molecular flexibility index (Phi) is 2.54. The van der Waals surface area contributed by atoms with Gasteiger partial charge in [0, 0.05) is 5.41 Å². The molecule has 1 atom stereocenters. The van der Waals surface area contributed by atoms with Crippen molar-refractivity contribution in [3.05, 3.63) is 0 Å². The van der Waals surface area contributed by atoms with Gasteiger partial charge in [0.2, 0.25) is 6.10 Å². The summed E-state index contributed by atoms with van der Waals surface area (Å²) in [6.07, 6.45) is -0.976. The Morgan fingerprint density at radius 2 is 2.38 bits per heavy atom. The molecule has 0 aromatic heterocycles. The zero-order valence-electron chi connectivity index (χ0n) is 7.50. The Bertz CT molecular complexity index is 236. The summed E-state index contributed by atoms with van der Waals surface area (Å²) in [6, 6.07) is 0. The zero-order valence-corrected chi connectivity index (χ0v) is 7.50. The summed E-state index contributed by atoms with van der Waals surface area (Å²) in [5, 5.41) is 0. The highest BCUT2D eigenvalue weighted by Crippen LogP contribution is 2.30. The third kappa shape index (κ3) is 1.96. The van der Waals surface area contributed by atoms with Crippen LogP contribution >= 0.6 is 0 Å². The number of alkyl halides is 1. The van der Waals surface area contributed by atoms with E-state index in [9.17, 15) is 14.0 Å². The van der Waals surface area contributed by atoms with E-state index in [1.165, 1.54) is 0 Å². The Balaban J connectivity index is 2.66. The van der Waals surface area contributed by atoms with Gasteiger partial charge in [-0.1, -0.05) is 13.8 Å². The highest BCUT2D eigenvalue weighted by atomic mass is 19.1. The van der Waals surface area contributed by atoms with Gasteiger partial charge in [-0.25, -0.2) is 14.0 Å². The summed E-state index contributed by atoms with van der Waals surface area (Å²) >= 11 is 0. The summed E-state index contributed by atoms with van der Waals surface area (Å²) in [6.45, 7) is 2.40. The fourth-order valence-electron chi connectivity index (χ4n) is 1.10. The van der Waals surface area contributed by atoms with E-state index < -0.39 is 30.1 Å². The minimum absolute atomic E-state index is 0.191. The van der Waals surface area contributed by atoms with Crippen LogP contribution in [0.1, 0.15) is 13.8 Å². The molecule has 4 nitrogen and oxygen atoms in total. The Labute approximate surface area is 75.0 Å². The maximum absolute atomic E-state index is 11.8. The van der Waals surface area contributed by atoms with E-state index in [1.54, 1.807) is 13.8 Å². The fraction of sp³-hybridized carbons (Fsp3) is 0.750. The monoisotopic (exact) mass is 190 g/mol. The largest absolute Gasteiger partial charge is 0.462 e. The smallest absolute Gasteiger partial charge is 0.348 e. The van der Waals surface area contributed by atoms with E-state index in [0.717, 1.165) is 0 Å². The number of halogens is 1. The third-order valence-electron chi connectivity index (χ3n) is 1.87. The van der Waals surface area contributed by atoms with E-state index in [1.807, 2.05) is 0 Å². The number of carbonyl (C=O) groups is 2. The van der Waals surface area contributed by atoms with Crippen molar-refractivity contribution < 1.29 is 23.5 Å². The van der Waals surface area contributed by atoms with Crippen molar-refractivity contribution in [3.63, 3.8) is 0 Å². The van der Waals surface area contributed by atoms with Crippen LogP contribution in [0.5, 0.6) is 0 Å². The van der Waals surface area contributed by atoms with Crippen LogP contribution in [0.2, 0.25) is 0 Å². The first-order chi connectivity index (χ1) is 5.97. The lowest BCUT2D eigenvalue weighted by molar-refractivity contribution is -0.163. The van der Waals surface area contributed by atoms with Crippen LogP contribution < -0.4 is 0 Å². The fourth-order valence-corrected chi connectivity index (χ4v) is 1.10. The second-order valence-electron chi connectivity index (χ2n) is 3.60. The van der Waals surface area contributed by atoms with Gasteiger partial charge in [-0.2, -0.15) is 0 Å². The maximum Gasteiger partial charge on any atom is 0.348 e.